The number of ether oxygens (including phenoxy) is 2. The van der Waals surface area contributed by atoms with Crippen molar-refractivity contribution in [2.45, 2.75) is 12.7 Å². The molecular formula is C20H12O8. The number of ketones is 6. The normalized spacial score (nSPS) is 19.1. The fourth-order valence-electron chi connectivity index (χ4n) is 2.45. The molecule has 0 aliphatic heterocycles. The molecule has 3 rings (SSSR count). The first-order valence-electron chi connectivity index (χ1n) is 8.08. The maximum absolute atomic E-state index is 12.0. The Bertz CT molecular complexity index is 869. The molecule has 0 aromatic heterocycles. The van der Waals surface area contributed by atoms with E-state index in [-0.39, 0.29) is 23.5 Å². The fourth-order valence-corrected chi connectivity index (χ4v) is 2.45. The van der Waals surface area contributed by atoms with Gasteiger partial charge in [-0.15, -0.1) is 0 Å². The van der Waals surface area contributed by atoms with E-state index in [9.17, 15) is 28.8 Å². The van der Waals surface area contributed by atoms with Crippen molar-refractivity contribution in [2.75, 3.05) is 0 Å². The predicted molar refractivity (Wildman–Crippen MR) is 92.3 cm³/mol. The third-order valence-electron chi connectivity index (χ3n) is 3.77. The van der Waals surface area contributed by atoms with Crippen LogP contribution >= 0.6 is 0 Å². The molecule has 0 fully saturated rings. The molecule has 0 heterocycles. The number of carbonyl (C=O) groups is 6. The molecule has 3 aliphatic carbocycles. The predicted octanol–water partition coefficient (Wildman–Crippen LogP) is 0.554. The van der Waals surface area contributed by atoms with Gasteiger partial charge >= 0.3 is 0 Å². The number of rotatable bonds is 6. The monoisotopic (exact) mass is 380 g/mol. The zero-order chi connectivity index (χ0) is 20.3. The summed E-state index contributed by atoms with van der Waals surface area (Å²) in [6.45, 7) is 0. The maximum Gasteiger partial charge on any atom is 0.245 e. The van der Waals surface area contributed by atoms with Crippen LogP contribution < -0.4 is 0 Å². The van der Waals surface area contributed by atoms with Crippen molar-refractivity contribution in [1.29, 1.82) is 0 Å². The summed E-state index contributed by atoms with van der Waals surface area (Å²) in [4.78, 5) is 70.3. The zero-order valence-electron chi connectivity index (χ0n) is 14.2. The molecule has 3 aliphatic rings. The van der Waals surface area contributed by atoms with E-state index in [1.807, 2.05) is 0 Å². The van der Waals surface area contributed by atoms with E-state index >= 15 is 0 Å². The third-order valence-corrected chi connectivity index (χ3v) is 3.77. The molecule has 8 nitrogen and oxygen atoms in total. The average molecular weight is 380 g/mol. The number of carbonyl (C=O) groups excluding carboxylic acids is 6. The van der Waals surface area contributed by atoms with Gasteiger partial charge in [-0.05, 0) is 42.5 Å². The van der Waals surface area contributed by atoms with Crippen LogP contribution in [0.5, 0.6) is 0 Å². The lowest BCUT2D eigenvalue weighted by molar-refractivity contribution is -0.134. The molecule has 0 aromatic carbocycles. The summed E-state index contributed by atoms with van der Waals surface area (Å²) in [5.41, 5.74) is 0.0222. The molecule has 28 heavy (non-hydrogen) atoms. The Morgan fingerprint density at radius 2 is 1.00 bits per heavy atom. The Morgan fingerprint density at radius 1 is 0.571 bits per heavy atom. The minimum absolute atomic E-state index is 0.0222. The lowest BCUT2D eigenvalue weighted by atomic mass is 10.0. The van der Waals surface area contributed by atoms with Crippen molar-refractivity contribution in [3.05, 3.63) is 71.8 Å². The lowest BCUT2D eigenvalue weighted by Gasteiger charge is -2.23. The second-order valence-electron chi connectivity index (χ2n) is 5.86. The molecule has 0 radical (unpaired) electrons. The van der Waals surface area contributed by atoms with Gasteiger partial charge in [-0.3, -0.25) is 28.8 Å². The van der Waals surface area contributed by atoms with Crippen molar-refractivity contribution in [2.24, 2.45) is 0 Å². The number of hydrogen-bond donors (Lipinski definition) is 0. The van der Waals surface area contributed by atoms with Gasteiger partial charge in [0, 0.05) is 17.7 Å². The van der Waals surface area contributed by atoms with Gasteiger partial charge in [0.25, 0.3) is 0 Å². The summed E-state index contributed by atoms with van der Waals surface area (Å²) in [7, 11) is 0. The molecule has 0 bridgehead atoms. The van der Waals surface area contributed by atoms with Gasteiger partial charge in [-0.2, -0.15) is 0 Å². The highest BCUT2D eigenvalue weighted by molar-refractivity contribution is 6.18. The molecule has 0 saturated carbocycles. The molecule has 8 heteroatoms. The first kappa shape index (κ1) is 18.8. The summed E-state index contributed by atoms with van der Waals surface area (Å²) in [6.07, 6.45) is 7.50. The summed E-state index contributed by atoms with van der Waals surface area (Å²) in [6, 6.07) is 0. The van der Waals surface area contributed by atoms with Crippen LogP contribution in [0.25, 0.3) is 0 Å². The second-order valence-corrected chi connectivity index (χ2v) is 5.86. The van der Waals surface area contributed by atoms with Gasteiger partial charge in [0.2, 0.25) is 17.9 Å². The molecule has 0 aromatic rings. The summed E-state index contributed by atoms with van der Waals surface area (Å²) >= 11 is 0. The van der Waals surface area contributed by atoms with E-state index in [4.69, 9.17) is 9.47 Å². The van der Waals surface area contributed by atoms with Gasteiger partial charge in [-0.1, -0.05) is 0 Å². The van der Waals surface area contributed by atoms with Crippen molar-refractivity contribution in [3.63, 3.8) is 0 Å². The van der Waals surface area contributed by atoms with Crippen LogP contribution in [0.2, 0.25) is 0 Å². The molecule has 0 unspecified atom stereocenters. The van der Waals surface area contributed by atoms with E-state index in [1.54, 1.807) is 0 Å². The van der Waals surface area contributed by atoms with Crippen LogP contribution in [0.3, 0.4) is 0 Å². The Hall–Kier alpha value is -3.94. The van der Waals surface area contributed by atoms with Crippen molar-refractivity contribution < 1.29 is 38.2 Å². The summed E-state index contributed by atoms with van der Waals surface area (Å²) in [5.74, 6) is -3.83. The van der Waals surface area contributed by atoms with E-state index in [0.29, 0.717) is 0 Å². The lowest BCUT2D eigenvalue weighted by Crippen LogP contribution is -2.26. The smallest absolute Gasteiger partial charge is 0.245 e. The third kappa shape index (κ3) is 4.42. The minimum Gasteiger partial charge on any atom is -0.450 e. The van der Waals surface area contributed by atoms with Gasteiger partial charge < -0.3 is 9.47 Å². The number of allylic oxidation sites excluding steroid dienone is 9. The van der Waals surface area contributed by atoms with Crippen LogP contribution in [0, 0.1) is 0 Å². The SMILES string of the molecule is O=C1C=CC(=O)C(CC(OC2=CC(=O)C=CC2=O)OC2=CC(=O)C=CC2=O)=C1. The van der Waals surface area contributed by atoms with Gasteiger partial charge in [-0.25, -0.2) is 0 Å². The first-order valence-corrected chi connectivity index (χ1v) is 8.08. The van der Waals surface area contributed by atoms with Gasteiger partial charge in [0.05, 0.1) is 6.42 Å². The van der Waals surface area contributed by atoms with Crippen molar-refractivity contribution in [3.8, 4) is 0 Å². The van der Waals surface area contributed by atoms with Crippen LogP contribution in [0.1, 0.15) is 6.42 Å². The highest BCUT2D eigenvalue weighted by Crippen LogP contribution is 2.22. The van der Waals surface area contributed by atoms with Crippen LogP contribution in [-0.2, 0) is 38.2 Å². The van der Waals surface area contributed by atoms with Gasteiger partial charge in [0.1, 0.15) is 0 Å². The summed E-state index contributed by atoms with van der Waals surface area (Å²) < 4.78 is 10.8. The topological polar surface area (TPSA) is 121 Å². The molecule has 140 valence electrons. The quantitative estimate of drug-likeness (QED) is 0.484. The van der Waals surface area contributed by atoms with E-state index < -0.39 is 41.0 Å². The zero-order valence-corrected chi connectivity index (χ0v) is 14.2. The number of hydrogen-bond acceptors (Lipinski definition) is 8. The van der Waals surface area contributed by atoms with Crippen molar-refractivity contribution in [1.82, 2.24) is 0 Å². The fraction of sp³-hybridized carbons (Fsp3) is 0.100. The molecule has 0 amide bonds. The largest absolute Gasteiger partial charge is 0.450 e. The van der Waals surface area contributed by atoms with Crippen molar-refractivity contribution >= 4 is 34.7 Å². The highest BCUT2D eigenvalue weighted by Gasteiger charge is 2.27. The second kappa shape index (κ2) is 7.75. The Morgan fingerprint density at radius 3 is 1.50 bits per heavy atom. The van der Waals surface area contributed by atoms with Crippen LogP contribution in [0.4, 0.5) is 0 Å². The van der Waals surface area contributed by atoms with E-state index in [0.717, 1.165) is 54.7 Å². The highest BCUT2D eigenvalue weighted by atomic mass is 16.7. The Labute approximate surface area is 158 Å². The molecule has 0 spiro atoms. The average Bonchev–Trinajstić information content (AvgIpc) is 2.64. The summed E-state index contributed by atoms with van der Waals surface area (Å²) in [5, 5.41) is 0. The Balaban J connectivity index is 1.85. The minimum atomic E-state index is -1.42. The Kier molecular flexibility index (Phi) is 5.21. The van der Waals surface area contributed by atoms with Crippen LogP contribution in [0.15, 0.2) is 71.8 Å². The van der Waals surface area contributed by atoms with E-state index in [2.05, 4.69) is 0 Å². The van der Waals surface area contributed by atoms with E-state index in [1.165, 1.54) is 0 Å². The molecule has 0 atom stereocenters. The molecular weight excluding hydrogens is 368 g/mol. The first-order chi connectivity index (χ1) is 13.3. The molecule has 0 N–H and O–H groups in total. The standard InChI is InChI=1S/C20H12O8/c21-12-1-4-15(24)11(7-12)8-20(27-18-9-13(22)2-5-16(18)25)28-19-10-14(23)3-6-17(19)26/h1-7,9-10,20H,8H2. The molecule has 0 saturated heterocycles. The van der Waals surface area contributed by atoms with Crippen LogP contribution in [-0.4, -0.2) is 41.0 Å². The maximum atomic E-state index is 12.0. The van der Waals surface area contributed by atoms with Gasteiger partial charge in [0.15, 0.2) is 34.7 Å².